The maximum absolute atomic E-state index is 2.76. The van der Waals surface area contributed by atoms with Crippen LogP contribution in [0.2, 0.25) is 0 Å². The van der Waals surface area contributed by atoms with E-state index >= 15 is 0 Å². The first-order valence-electron chi connectivity index (χ1n) is 46.6. The summed E-state index contributed by atoms with van der Waals surface area (Å²) in [5, 5.41) is 4.71. The Kier molecular flexibility index (Phi) is 19.3. The average Bonchev–Trinajstić information content (AvgIpc) is 1.03. The number of anilines is 6. The van der Waals surface area contributed by atoms with E-state index in [1.165, 1.54) is 236 Å². The molecule has 0 aromatic heterocycles. The Morgan fingerprint density at radius 2 is 0.442 bits per heavy atom. The molecule has 8 aliphatic rings. The van der Waals surface area contributed by atoms with Gasteiger partial charge in [-0.3, -0.25) is 0 Å². The summed E-state index contributed by atoms with van der Waals surface area (Å²) in [6.45, 7) is 29.0. The molecule has 2 heteroatoms. The van der Waals surface area contributed by atoms with Crippen molar-refractivity contribution in [1.29, 1.82) is 0 Å². The van der Waals surface area contributed by atoms with Gasteiger partial charge in [0.25, 0.3) is 0 Å². The molecule has 0 amide bonds. The molecule has 0 spiro atoms. The number of benzene rings is 13. The lowest BCUT2D eigenvalue weighted by Gasteiger charge is -2.36. The Bertz CT molecular complexity index is 5410. The van der Waals surface area contributed by atoms with Gasteiger partial charge >= 0.3 is 0 Å². The van der Waals surface area contributed by atoms with Crippen molar-refractivity contribution in [2.75, 3.05) is 9.80 Å². The molecule has 21 rings (SSSR count). The molecular weight excluding hydrogens is 1450 g/mol. The van der Waals surface area contributed by atoms with E-state index in [9.17, 15) is 0 Å². The highest BCUT2D eigenvalue weighted by molar-refractivity contribution is 6.25. The summed E-state index contributed by atoms with van der Waals surface area (Å²) >= 11 is 0. The van der Waals surface area contributed by atoms with Gasteiger partial charge in [-0.05, 0) is 354 Å². The van der Waals surface area contributed by atoms with E-state index in [-0.39, 0.29) is 21.7 Å². The van der Waals surface area contributed by atoms with Gasteiger partial charge < -0.3 is 9.80 Å². The first kappa shape index (κ1) is 77.3. The zero-order chi connectivity index (χ0) is 81.8. The maximum Gasteiger partial charge on any atom is 0.0620 e. The largest absolute Gasteiger partial charge is 0.309 e. The van der Waals surface area contributed by atoms with Crippen LogP contribution in [0.5, 0.6) is 0 Å². The van der Waals surface area contributed by atoms with Crippen LogP contribution in [-0.2, 0) is 21.7 Å². The van der Waals surface area contributed by atoms with Crippen LogP contribution in [0, 0.1) is 47.3 Å². The van der Waals surface area contributed by atoms with Gasteiger partial charge in [0.2, 0.25) is 0 Å². The molecule has 606 valence electrons. The number of hydrogen-bond donors (Lipinski definition) is 0. The summed E-state index contributed by atoms with van der Waals surface area (Å²) in [6, 6.07) is 108. The fourth-order valence-electron chi connectivity index (χ4n) is 24.8. The minimum absolute atomic E-state index is 0.189. The molecule has 8 aliphatic carbocycles. The first-order valence-corrected chi connectivity index (χ1v) is 46.6. The average molecular weight is 1570 g/mol. The second kappa shape index (κ2) is 29.9. The normalized spacial score (nSPS) is 23.6. The predicted molar refractivity (Wildman–Crippen MR) is 511 cm³/mol. The zero-order valence-corrected chi connectivity index (χ0v) is 73.5. The maximum atomic E-state index is 2.76. The highest BCUT2D eigenvalue weighted by Crippen LogP contribution is 2.60. The summed E-state index contributed by atoms with van der Waals surface area (Å²) in [5.74, 6) is 9.32. The van der Waals surface area contributed by atoms with Gasteiger partial charge in [-0.15, -0.1) is 0 Å². The lowest BCUT2D eigenvalue weighted by Crippen LogP contribution is -2.20. The molecule has 0 heterocycles. The molecule has 0 aliphatic heterocycles. The molecule has 13 aromatic carbocycles. The summed E-state index contributed by atoms with van der Waals surface area (Å²) in [7, 11) is 0. The van der Waals surface area contributed by atoms with E-state index in [1.54, 1.807) is 0 Å². The highest BCUT2D eigenvalue weighted by atomic mass is 15.2. The fourth-order valence-corrected chi connectivity index (χ4v) is 24.8. The highest BCUT2D eigenvalue weighted by Gasteiger charge is 2.44. The van der Waals surface area contributed by atoms with Crippen LogP contribution in [0.1, 0.15) is 254 Å². The second-order valence-corrected chi connectivity index (χ2v) is 43.3. The van der Waals surface area contributed by atoms with Gasteiger partial charge in [-0.2, -0.15) is 0 Å². The second-order valence-electron chi connectivity index (χ2n) is 43.3. The van der Waals surface area contributed by atoms with Gasteiger partial charge in [0.1, 0.15) is 0 Å². The third kappa shape index (κ3) is 14.5. The minimum atomic E-state index is -0.189. The number of nitrogens with zero attached hydrogens (tertiary/aromatic N) is 2. The van der Waals surface area contributed by atoms with Crippen molar-refractivity contribution < 1.29 is 0 Å². The molecule has 0 radical (unpaired) electrons. The van der Waals surface area contributed by atoms with Crippen molar-refractivity contribution in [3.63, 3.8) is 0 Å². The molecule has 8 saturated carbocycles. The molecule has 8 fully saturated rings. The van der Waals surface area contributed by atoms with Crippen molar-refractivity contribution in [2.45, 2.75) is 231 Å². The first-order chi connectivity index (χ1) is 57.8. The molecule has 120 heavy (non-hydrogen) atoms. The lowest BCUT2D eigenvalue weighted by atomic mass is 9.80. The van der Waals surface area contributed by atoms with Crippen LogP contribution >= 0.6 is 0 Å². The van der Waals surface area contributed by atoms with E-state index in [4.69, 9.17) is 0 Å². The van der Waals surface area contributed by atoms with E-state index in [0.29, 0.717) is 23.7 Å². The molecule has 13 aromatic rings. The summed E-state index contributed by atoms with van der Waals surface area (Å²) < 4.78 is 0. The van der Waals surface area contributed by atoms with Crippen LogP contribution in [-0.4, -0.2) is 0 Å². The fraction of sp³-hybridized carbons (Fsp3) is 0.373. The third-order valence-corrected chi connectivity index (χ3v) is 31.5. The Balaban J connectivity index is 0.870. The van der Waals surface area contributed by atoms with E-state index in [2.05, 4.69) is 360 Å². The SMILES string of the molecule is CC(C)(C)c1cc(N(c2cc(-c3ccc(C4CC5CCC4C5)cc3)cc(-c3ccc(C4CC5CCC4C5)cc3)c2)c2c3ccc(-c4ccccc4)cc3c(N(c3cc(-c4ccc(C5CC6CCC5C6)cc4)cc(-c4ccc(C5CC6CCC5C6)cc4)c3)c3cc(C(C)(C)C)cc(C(C)(C)C)c3)c3ccc(-c4ccccc4)cc23)cc(C(C)(C)C)c1. The summed E-state index contributed by atoms with van der Waals surface area (Å²) in [4.78, 5) is 5.52. The zero-order valence-electron chi connectivity index (χ0n) is 73.5. The van der Waals surface area contributed by atoms with Crippen LogP contribution < -0.4 is 9.80 Å². The van der Waals surface area contributed by atoms with Crippen molar-refractivity contribution >= 4 is 55.7 Å². The monoisotopic (exact) mass is 1570 g/mol. The molecule has 12 atom stereocenters. The molecule has 12 unspecified atom stereocenters. The van der Waals surface area contributed by atoms with Crippen LogP contribution in [0.15, 0.2) is 267 Å². The van der Waals surface area contributed by atoms with Crippen LogP contribution in [0.4, 0.5) is 34.1 Å². The summed E-state index contributed by atoms with van der Waals surface area (Å²) in [6.07, 6.45) is 22.0. The van der Waals surface area contributed by atoms with E-state index < -0.39 is 0 Å². The van der Waals surface area contributed by atoms with Gasteiger partial charge in [-0.1, -0.05) is 303 Å². The summed E-state index contributed by atoms with van der Waals surface area (Å²) in [5.41, 5.74) is 32.1. The topological polar surface area (TPSA) is 6.48 Å². The van der Waals surface area contributed by atoms with Gasteiger partial charge in [0.15, 0.2) is 0 Å². The van der Waals surface area contributed by atoms with Gasteiger partial charge in [-0.25, -0.2) is 0 Å². The Labute approximate surface area is 717 Å². The lowest BCUT2D eigenvalue weighted by molar-refractivity contribution is 0.420. The predicted octanol–water partition coefficient (Wildman–Crippen LogP) is 33.7. The van der Waals surface area contributed by atoms with Crippen LogP contribution in [0.3, 0.4) is 0 Å². The van der Waals surface area contributed by atoms with Gasteiger partial charge in [0.05, 0.1) is 11.4 Å². The van der Waals surface area contributed by atoms with Crippen LogP contribution in [0.25, 0.3) is 88.3 Å². The number of fused-ring (bicyclic) bond motifs is 10. The quantitative estimate of drug-likeness (QED) is 0.0703. The molecular formula is C118H124N2. The smallest absolute Gasteiger partial charge is 0.0620 e. The standard InChI is InChI=1S/C118H124N2/c1-115(2,3)97-67-98(116(4,5)6)70-103(69-97)119(101-61-93(79-31-39-83(40-32-79)107-55-73-23-27-89(107)51-73)59-94(62-101)80-33-41-84(42-34-80)108-56-74-24-28-90(108)52-74)113-105-49-47-88(78-21-17-14-18-22-78)66-112(105)114(106-50-48-87(65-111(106)113)77-19-15-13-16-20-77)120(104-71-99(117(7,8)9)68-100(72-104)118(10,11)12)102-63-95(81-35-43-85(44-36-81)109-57-75-25-29-91(109)53-75)60-96(64-102)82-37-45-86(46-38-82)110-58-76-26-30-92(110)54-76/h13-22,31-50,59-76,89-92,107-110H,23-30,51-58H2,1-12H3. The van der Waals surface area contributed by atoms with Crippen molar-refractivity contribution in [3.8, 4) is 66.8 Å². The van der Waals surface area contributed by atoms with Crippen molar-refractivity contribution in [3.05, 3.63) is 311 Å². The minimum Gasteiger partial charge on any atom is -0.309 e. The Morgan fingerprint density at radius 1 is 0.200 bits per heavy atom. The number of hydrogen-bond acceptors (Lipinski definition) is 2. The third-order valence-electron chi connectivity index (χ3n) is 31.5. The molecule has 0 saturated heterocycles. The van der Waals surface area contributed by atoms with Crippen molar-refractivity contribution in [1.82, 2.24) is 0 Å². The molecule has 8 bridgehead atoms. The molecule has 2 nitrogen and oxygen atoms in total. The number of rotatable bonds is 16. The van der Waals surface area contributed by atoms with Gasteiger partial charge in [0, 0.05) is 44.3 Å². The van der Waals surface area contributed by atoms with E-state index in [0.717, 1.165) is 81.5 Å². The van der Waals surface area contributed by atoms with Crippen molar-refractivity contribution in [2.24, 2.45) is 47.3 Å². The molecule has 0 N–H and O–H groups in total. The Hall–Kier alpha value is -10.0. The van der Waals surface area contributed by atoms with E-state index in [1.807, 2.05) is 0 Å². The Morgan fingerprint density at radius 3 is 0.675 bits per heavy atom.